The molecule has 0 aromatic heterocycles. The quantitative estimate of drug-likeness (QED) is 0.783. The Morgan fingerprint density at radius 1 is 1.38 bits per heavy atom. The van der Waals surface area contributed by atoms with Gasteiger partial charge in [0, 0.05) is 10.9 Å². The van der Waals surface area contributed by atoms with Crippen molar-refractivity contribution in [2.24, 2.45) is 0 Å². The average Bonchev–Trinajstić information content (AvgIpc) is 3.29. The summed E-state index contributed by atoms with van der Waals surface area (Å²) in [5, 5.41) is 8.62. The predicted molar refractivity (Wildman–Crippen MR) is 80.7 cm³/mol. The minimum absolute atomic E-state index is 0.104. The maximum atomic E-state index is 12.4. The number of thioether (sulfide) groups is 1. The Morgan fingerprint density at radius 2 is 2.00 bits per heavy atom. The lowest BCUT2D eigenvalue weighted by atomic mass is 10.3. The molecule has 1 amide bonds. The molecule has 1 N–H and O–H groups in total. The van der Waals surface area contributed by atoms with E-state index in [4.69, 9.17) is 9.84 Å². The van der Waals surface area contributed by atoms with Crippen molar-refractivity contribution in [3.05, 3.63) is 24.3 Å². The lowest BCUT2D eigenvalue weighted by molar-refractivity contribution is -0.144. The number of hydrogen-bond donors (Lipinski definition) is 1. The van der Waals surface area contributed by atoms with Gasteiger partial charge >= 0.3 is 5.97 Å². The van der Waals surface area contributed by atoms with Crippen molar-refractivity contribution < 1.29 is 19.4 Å². The zero-order valence-corrected chi connectivity index (χ0v) is 12.9. The van der Waals surface area contributed by atoms with Crippen molar-refractivity contribution >= 4 is 23.6 Å². The van der Waals surface area contributed by atoms with Gasteiger partial charge in [0.25, 0.3) is 0 Å². The monoisotopic (exact) mass is 309 g/mol. The molecule has 114 valence electrons. The van der Waals surface area contributed by atoms with E-state index in [0.717, 1.165) is 23.5 Å². The molecule has 0 spiro atoms. The first-order valence-corrected chi connectivity index (χ1v) is 7.72. The first kappa shape index (κ1) is 15.7. The molecule has 0 radical (unpaired) electrons. The van der Waals surface area contributed by atoms with Gasteiger partial charge in [0.05, 0.1) is 12.4 Å². The van der Waals surface area contributed by atoms with Gasteiger partial charge < -0.3 is 14.7 Å². The third kappa shape index (κ3) is 4.39. The van der Waals surface area contributed by atoms with E-state index in [1.54, 1.807) is 7.11 Å². The molecule has 21 heavy (non-hydrogen) atoms. The van der Waals surface area contributed by atoms with Crippen molar-refractivity contribution in [2.45, 2.75) is 36.0 Å². The molecule has 1 aromatic carbocycles. The van der Waals surface area contributed by atoms with Gasteiger partial charge in [-0.1, -0.05) is 0 Å². The average molecular weight is 309 g/mol. The fraction of sp³-hybridized carbons (Fsp3) is 0.467. The molecule has 0 bridgehead atoms. The Kier molecular flexibility index (Phi) is 5.12. The molecule has 0 saturated heterocycles. The topological polar surface area (TPSA) is 66.8 Å². The van der Waals surface area contributed by atoms with E-state index in [-0.39, 0.29) is 23.7 Å². The van der Waals surface area contributed by atoms with Crippen LogP contribution in [0.2, 0.25) is 0 Å². The Hall–Kier alpha value is -1.69. The minimum Gasteiger partial charge on any atom is -0.497 e. The number of carbonyl (C=O) groups excluding carboxylic acids is 1. The zero-order chi connectivity index (χ0) is 15.4. The molecule has 1 aromatic rings. The Morgan fingerprint density at radius 3 is 2.48 bits per heavy atom. The van der Waals surface area contributed by atoms with E-state index in [0.29, 0.717) is 0 Å². The van der Waals surface area contributed by atoms with Crippen molar-refractivity contribution in [3.63, 3.8) is 0 Å². The van der Waals surface area contributed by atoms with Crippen molar-refractivity contribution in [1.82, 2.24) is 4.90 Å². The number of benzene rings is 1. The van der Waals surface area contributed by atoms with Crippen LogP contribution in [0.15, 0.2) is 29.2 Å². The van der Waals surface area contributed by atoms with Gasteiger partial charge in [-0.2, -0.15) is 0 Å². The van der Waals surface area contributed by atoms with Gasteiger partial charge in [0.2, 0.25) is 5.91 Å². The van der Waals surface area contributed by atoms with Crippen molar-refractivity contribution in [2.75, 3.05) is 13.7 Å². The summed E-state index contributed by atoms with van der Waals surface area (Å²) in [5.74, 6) is -0.304. The SMILES string of the molecule is COc1ccc(SC(C)C(=O)N(CC(=O)O)C2CC2)cc1. The third-order valence-corrected chi connectivity index (χ3v) is 4.40. The highest BCUT2D eigenvalue weighted by Gasteiger charge is 2.35. The standard InChI is InChI=1S/C15H19NO4S/c1-10(21-13-7-5-12(20-2)6-8-13)15(19)16(9-14(17)18)11-3-4-11/h5-8,10-11H,3-4,9H2,1-2H3,(H,17,18). The molecule has 1 aliphatic rings. The summed E-state index contributed by atoms with van der Waals surface area (Å²) in [6, 6.07) is 7.58. The second kappa shape index (κ2) is 6.85. The van der Waals surface area contributed by atoms with Crippen LogP contribution in [0.1, 0.15) is 19.8 Å². The normalized spacial score (nSPS) is 15.3. The third-order valence-electron chi connectivity index (χ3n) is 3.30. The highest BCUT2D eigenvalue weighted by molar-refractivity contribution is 8.00. The summed E-state index contributed by atoms with van der Waals surface area (Å²) in [6.07, 6.45) is 1.80. The molecule has 1 saturated carbocycles. The molecule has 0 aliphatic heterocycles. The number of nitrogens with zero attached hydrogens (tertiary/aromatic N) is 1. The number of hydrogen-bond acceptors (Lipinski definition) is 4. The van der Waals surface area contributed by atoms with Gasteiger partial charge in [-0.15, -0.1) is 11.8 Å². The highest BCUT2D eigenvalue weighted by Crippen LogP contribution is 2.31. The minimum atomic E-state index is -0.961. The molecule has 6 heteroatoms. The summed E-state index contributed by atoms with van der Waals surface area (Å²) < 4.78 is 5.09. The van der Waals surface area contributed by atoms with Crippen LogP contribution >= 0.6 is 11.8 Å². The number of carboxylic acids is 1. The van der Waals surface area contributed by atoms with Crippen LogP contribution in [0.4, 0.5) is 0 Å². The van der Waals surface area contributed by atoms with Crippen LogP contribution in [0.3, 0.4) is 0 Å². The van der Waals surface area contributed by atoms with Crippen LogP contribution in [0.25, 0.3) is 0 Å². The number of aliphatic carboxylic acids is 1. The summed E-state index contributed by atoms with van der Waals surface area (Å²) in [6.45, 7) is 1.60. The van der Waals surface area contributed by atoms with Crippen molar-refractivity contribution in [1.29, 1.82) is 0 Å². The Balaban J connectivity index is 1.98. The van der Waals surface area contributed by atoms with Gasteiger partial charge in [0.15, 0.2) is 0 Å². The first-order chi connectivity index (χ1) is 10.0. The summed E-state index contributed by atoms with van der Waals surface area (Å²) >= 11 is 1.43. The van der Waals surface area contributed by atoms with E-state index in [1.807, 2.05) is 31.2 Å². The maximum Gasteiger partial charge on any atom is 0.323 e. The smallest absolute Gasteiger partial charge is 0.323 e. The molecular weight excluding hydrogens is 290 g/mol. The van der Waals surface area contributed by atoms with E-state index in [1.165, 1.54) is 16.7 Å². The maximum absolute atomic E-state index is 12.4. The van der Waals surface area contributed by atoms with E-state index in [2.05, 4.69) is 0 Å². The molecule has 0 heterocycles. The predicted octanol–water partition coefficient (Wildman–Crippen LogP) is 2.25. The van der Waals surface area contributed by atoms with Crippen LogP contribution in [-0.4, -0.2) is 46.8 Å². The van der Waals surface area contributed by atoms with Crippen LogP contribution in [-0.2, 0) is 9.59 Å². The largest absolute Gasteiger partial charge is 0.497 e. The molecule has 1 aliphatic carbocycles. The molecular formula is C15H19NO4S. The molecule has 2 rings (SSSR count). The summed E-state index contributed by atoms with van der Waals surface area (Å²) in [7, 11) is 1.60. The van der Waals surface area contributed by atoms with Crippen LogP contribution in [0, 0.1) is 0 Å². The van der Waals surface area contributed by atoms with Gasteiger partial charge in [0.1, 0.15) is 12.3 Å². The lowest BCUT2D eigenvalue weighted by Crippen LogP contribution is -2.41. The number of rotatable bonds is 7. The zero-order valence-electron chi connectivity index (χ0n) is 12.1. The number of amides is 1. The van der Waals surface area contributed by atoms with Gasteiger partial charge in [-0.05, 0) is 44.0 Å². The van der Waals surface area contributed by atoms with Crippen LogP contribution < -0.4 is 4.74 Å². The Labute approximate surface area is 128 Å². The Bertz CT molecular complexity index is 513. The molecule has 5 nitrogen and oxygen atoms in total. The second-order valence-electron chi connectivity index (χ2n) is 5.03. The molecule has 1 atom stereocenters. The first-order valence-electron chi connectivity index (χ1n) is 6.84. The van der Waals surface area contributed by atoms with E-state index < -0.39 is 5.97 Å². The number of carboxylic acid groups (broad SMARTS) is 1. The van der Waals surface area contributed by atoms with Gasteiger partial charge in [-0.3, -0.25) is 9.59 Å². The number of ether oxygens (including phenoxy) is 1. The van der Waals surface area contributed by atoms with Crippen molar-refractivity contribution in [3.8, 4) is 5.75 Å². The van der Waals surface area contributed by atoms with Crippen LogP contribution in [0.5, 0.6) is 5.75 Å². The van der Waals surface area contributed by atoms with Gasteiger partial charge in [-0.25, -0.2) is 0 Å². The van der Waals surface area contributed by atoms with E-state index in [9.17, 15) is 9.59 Å². The molecule has 1 unspecified atom stereocenters. The summed E-state index contributed by atoms with van der Waals surface area (Å²) in [5.41, 5.74) is 0. The number of carbonyl (C=O) groups is 2. The second-order valence-corrected chi connectivity index (χ2v) is 6.44. The fourth-order valence-electron chi connectivity index (χ4n) is 2.06. The lowest BCUT2D eigenvalue weighted by Gasteiger charge is -2.23. The highest BCUT2D eigenvalue weighted by atomic mass is 32.2. The number of methoxy groups -OCH3 is 1. The molecule has 1 fully saturated rings. The summed E-state index contributed by atoms with van der Waals surface area (Å²) in [4.78, 5) is 25.7. The van der Waals surface area contributed by atoms with E-state index >= 15 is 0 Å². The fourth-order valence-corrected chi connectivity index (χ4v) is 3.00.